The molecule has 20 heavy (non-hydrogen) atoms. The Morgan fingerprint density at radius 1 is 0.950 bits per heavy atom. The Morgan fingerprint density at radius 3 is 1.65 bits per heavy atom. The van der Waals surface area contributed by atoms with Gasteiger partial charge in [0.1, 0.15) is 17.9 Å². The molecule has 0 bridgehead atoms. The molecule has 0 radical (unpaired) electrons. The minimum Gasteiger partial charge on any atom is -1.00 e. The lowest BCUT2D eigenvalue weighted by molar-refractivity contribution is -0.00000381. The standard InChI is InChI=1S/C18H20P.BrH/c1-4-15-19(16(2)3,17-11-7-5-8-12-17)18-13-9-6-10-14-18;/h4-14H,1-2,15H2,3H3;1H/q+1;/p-1. The molecule has 104 valence electrons. The molecule has 0 fully saturated rings. The third-order valence-corrected chi connectivity index (χ3v) is 7.92. The average molecular weight is 347 g/mol. The smallest absolute Gasteiger partial charge is 0.110 e. The van der Waals surface area contributed by atoms with Crippen molar-refractivity contribution in [3.8, 4) is 0 Å². The van der Waals surface area contributed by atoms with Gasteiger partial charge in [0.25, 0.3) is 0 Å². The molecule has 0 nitrogen and oxygen atoms in total. The summed E-state index contributed by atoms with van der Waals surface area (Å²) in [5.74, 6) is 0. The van der Waals surface area contributed by atoms with E-state index in [1.165, 1.54) is 15.9 Å². The molecular formula is C18H20BrP. The van der Waals surface area contributed by atoms with Crippen molar-refractivity contribution in [1.82, 2.24) is 0 Å². The van der Waals surface area contributed by atoms with Crippen LogP contribution in [0.1, 0.15) is 6.92 Å². The summed E-state index contributed by atoms with van der Waals surface area (Å²) in [6.07, 6.45) is 3.00. The van der Waals surface area contributed by atoms with E-state index >= 15 is 0 Å². The molecule has 0 aliphatic rings. The fourth-order valence-corrected chi connectivity index (χ4v) is 6.18. The topological polar surface area (TPSA) is 0 Å². The first-order valence-corrected chi connectivity index (χ1v) is 8.45. The van der Waals surface area contributed by atoms with Gasteiger partial charge < -0.3 is 17.0 Å². The van der Waals surface area contributed by atoms with Gasteiger partial charge in [0, 0.05) is 0 Å². The van der Waals surface area contributed by atoms with Gasteiger partial charge in [0.2, 0.25) is 0 Å². The summed E-state index contributed by atoms with van der Waals surface area (Å²) in [5, 5.41) is 4.02. The van der Waals surface area contributed by atoms with E-state index in [-0.39, 0.29) is 17.0 Å². The molecule has 0 N–H and O–H groups in total. The summed E-state index contributed by atoms with van der Waals surface area (Å²) in [6.45, 7) is 10.4. The van der Waals surface area contributed by atoms with Crippen LogP contribution >= 0.6 is 7.26 Å². The van der Waals surface area contributed by atoms with Crippen LogP contribution in [0.2, 0.25) is 0 Å². The molecule has 2 heteroatoms. The van der Waals surface area contributed by atoms with Gasteiger partial charge in [-0.05, 0) is 31.2 Å². The first kappa shape index (κ1) is 16.9. The monoisotopic (exact) mass is 346 g/mol. The SMILES string of the molecule is C=CC[P+](C(=C)C)(c1ccccc1)c1ccccc1.[Br-]. The van der Waals surface area contributed by atoms with Crippen molar-refractivity contribution in [1.29, 1.82) is 0 Å². The van der Waals surface area contributed by atoms with Crippen LogP contribution in [0.5, 0.6) is 0 Å². The Morgan fingerprint density at radius 2 is 1.35 bits per heavy atom. The minimum atomic E-state index is -1.59. The van der Waals surface area contributed by atoms with Gasteiger partial charge in [-0.25, -0.2) is 0 Å². The number of hydrogen-bond donors (Lipinski definition) is 0. The van der Waals surface area contributed by atoms with E-state index in [4.69, 9.17) is 0 Å². The van der Waals surface area contributed by atoms with Crippen molar-refractivity contribution >= 4 is 17.9 Å². The van der Waals surface area contributed by atoms with E-state index in [1.807, 2.05) is 6.08 Å². The van der Waals surface area contributed by atoms with Gasteiger partial charge >= 0.3 is 0 Å². The summed E-state index contributed by atoms with van der Waals surface area (Å²) in [5.41, 5.74) is 0. The second kappa shape index (κ2) is 7.57. The average Bonchev–Trinajstić information content (AvgIpc) is 2.46. The van der Waals surface area contributed by atoms with Crippen molar-refractivity contribution < 1.29 is 17.0 Å². The number of allylic oxidation sites excluding steroid dienone is 2. The van der Waals surface area contributed by atoms with Crippen LogP contribution in [0, 0.1) is 0 Å². The van der Waals surface area contributed by atoms with E-state index in [1.54, 1.807) is 0 Å². The van der Waals surface area contributed by atoms with Crippen LogP contribution in [-0.2, 0) is 0 Å². The Balaban J connectivity index is 0.00000200. The molecule has 0 unspecified atom stereocenters. The number of halogens is 1. The van der Waals surface area contributed by atoms with E-state index < -0.39 is 7.26 Å². The van der Waals surface area contributed by atoms with Crippen LogP contribution in [0.4, 0.5) is 0 Å². The zero-order valence-corrected chi connectivity index (χ0v) is 14.3. The Bertz CT molecular complexity index is 521. The Kier molecular flexibility index (Phi) is 6.39. The second-order valence-corrected chi connectivity index (χ2v) is 8.47. The molecule has 0 heterocycles. The highest BCUT2D eigenvalue weighted by atomic mass is 79.9. The van der Waals surface area contributed by atoms with E-state index in [0.717, 1.165) is 6.16 Å². The molecule has 0 atom stereocenters. The zero-order chi connectivity index (χ0) is 13.7. The molecule has 0 amide bonds. The van der Waals surface area contributed by atoms with Crippen LogP contribution in [-0.4, -0.2) is 6.16 Å². The van der Waals surface area contributed by atoms with Crippen LogP contribution in [0.25, 0.3) is 0 Å². The van der Waals surface area contributed by atoms with Gasteiger partial charge in [-0.15, -0.1) is 0 Å². The van der Waals surface area contributed by atoms with E-state index in [0.29, 0.717) is 0 Å². The molecule has 0 spiro atoms. The lowest BCUT2D eigenvalue weighted by Gasteiger charge is -2.26. The van der Waals surface area contributed by atoms with Crippen LogP contribution in [0.15, 0.2) is 85.2 Å². The van der Waals surface area contributed by atoms with Crippen molar-refractivity contribution in [3.05, 3.63) is 85.2 Å². The summed E-state index contributed by atoms with van der Waals surface area (Å²) < 4.78 is 0. The Labute approximate surface area is 133 Å². The summed E-state index contributed by atoms with van der Waals surface area (Å²) in [6, 6.07) is 21.5. The van der Waals surface area contributed by atoms with Gasteiger partial charge in [0.05, 0.1) is 11.5 Å². The molecule has 2 rings (SSSR count). The summed E-state index contributed by atoms with van der Waals surface area (Å²) in [7, 11) is -1.59. The molecule has 2 aromatic carbocycles. The molecule has 0 aliphatic heterocycles. The van der Waals surface area contributed by atoms with Crippen molar-refractivity contribution in [3.63, 3.8) is 0 Å². The predicted molar refractivity (Wildman–Crippen MR) is 89.0 cm³/mol. The maximum atomic E-state index is 4.30. The lowest BCUT2D eigenvalue weighted by Crippen LogP contribution is -3.00. The van der Waals surface area contributed by atoms with E-state index in [9.17, 15) is 0 Å². The minimum absolute atomic E-state index is 0. The third kappa shape index (κ3) is 3.11. The molecule has 2 aromatic rings. The van der Waals surface area contributed by atoms with Gasteiger partial charge in [-0.2, -0.15) is 0 Å². The fourth-order valence-electron chi connectivity index (χ4n) is 2.52. The third-order valence-electron chi connectivity index (χ3n) is 3.45. The summed E-state index contributed by atoms with van der Waals surface area (Å²) in [4.78, 5) is 0. The van der Waals surface area contributed by atoms with Gasteiger partial charge in [-0.1, -0.05) is 55.6 Å². The summed E-state index contributed by atoms with van der Waals surface area (Å²) >= 11 is 0. The number of benzene rings is 2. The first-order chi connectivity index (χ1) is 9.21. The second-order valence-electron chi connectivity index (χ2n) is 4.69. The highest BCUT2D eigenvalue weighted by Crippen LogP contribution is 2.62. The quantitative estimate of drug-likeness (QED) is 0.566. The largest absolute Gasteiger partial charge is 1.00 e. The van der Waals surface area contributed by atoms with Crippen molar-refractivity contribution in [2.75, 3.05) is 6.16 Å². The molecule has 0 saturated carbocycles. The highest BCUT2D eigenvalue weighted by molar-refractivity contribution is 7.93. The molecular weight excluding hydrogens is 327 g/mol. The molecule has 0 saturated heterocycles. The Hall–Kier alpha value is -1.17. The fraction of sp³-hybridized carbons (Fsp3) is 0.111. The molecule has 0 aromatic heterocycles. The van der Waals surface area contributed by atoms with Gasteiger partial charge in [-0.3, -0.25) is 0 Å². The van der Waals surface area contributed by atoms with Crippen molar-refractivity contribution in [2.45, 2.75) is 6.92 Å². The highest BCUT2D eigenvalue weighted by Gasteiger charge is 2.42. The van der Waals surface area contributed by atoms with Crippen molar-refractivity contribution in [2.24, 2.45) is 0 Å². The van der Waals surface area contributed by atoms with Gasteiger partial charge in [0.15, 0.2) is 0 Å². The first-order valence-electron chi connectivity index (χ1n) is 6.48. The van der Waals surface area contributed by atoms with E-state index in [2.05, 4.69) is 80.7 Å². The lowest BCUT2D eigenvalue weighted by atomic mass is 10.4. The zero-order valence-electron chi connectivity index (χ0n) is 11.8. The maximum absolute atomic E-state index is 4.30. The van der Waals surface area contributed by atoms with Crippen LogP contribution in [0.3, 0.4) is 0 Å². The maximum Gasteiger partial charge on any atom is 0.110 e. The van der Waals surface area contributed by atoms with Crippen LogP contribution < -0.4 is 27.6 Å². The normalized spacial score (nSPS) is 10.4. The molecule has 0 aliphatic carbocycles. The predicted octanol–water partition coefficient (Wildman–Crippen LogP) is 1.38. The number of rotatable bonds is 5. The number of hydrogen-bond acceptors (Lipinski definition) is 0.